The molecule has 26 heavy (non-hydrogen) atoms. The van der Waals surface area contributed by atoms with Crippen molar-refractivity contribution in [1.82, 2.24) is 15.3 Å². The largest absolute Gasteiger partial charge is 0.376 e. The first-order chi connectivity index (χ1) is 12.7. The normalized spacial score (nSPS) is 16.9. The molecule has 3 heterocycles. The number of nitrogens with zero attached hydrogens (tertiary/aromatic N) is 3. The third-order valence-electron chi connectivity index (χ3n) is 4.22. The van der Waals surface area contributed by atoms with Crippen molar-refractivity contribution in [1.29, 1.82) is 0 Å². The first-order valence-corrected chi connectivity index (χ1v) is 8.76. The number of aromatic nitrogens is 2. The van der Waals surface area contributed by atoms with E-state index in [9.17, 15) is 4.79 Å². The number of rotatable bonds is 7. The molecule has 7 nitrogen and oxygen atoms in total. The van der Waals surface area contributed by atoms with Gasteiger partial charge in [-0.25, -0.2) is 4.98 Å². The Morgan fingerprint density at radius 1 is 1.23 bits per heavy atom. The quantitative estimate of drug-likeness (QED) is 0.803. The van der Waals surface area contributed by atoms with Crippen LogP contribution < -0.4 is 10.2 Å². The number of carbonyl (C=O) groups excluding carboxylic acids is 1. The highest BCUT2D eigenvalue weighted by atomic mass is 16.6. The molecule has 1 saturated heterocycles. The van der Waals surface area contributed by atoms with Crippen LogP contribution in [0.2, 0.25) is 0 Å². The second kappa shape index (κ2) is 9.26. The van der Waals surface area contributed by atoms with E-state index < -0.39 is 6.10 Å². The summed E-state index contributed by atoms with van der Waals surface area (Å²) in [6, 6.07) is 9.75. The van der Waals surface area contributed by atoms with Gasteiger partial charge in [0.25, 0.3) is 5.91 Å². The van der Waals surface area contributed by atoms with Crippen LogP contribution in [0.4, 0.5) is 5.82 Å². The second-order valence-electron chi connectivity index (χ2n) is 6.13. The Morgan fingerprint density at radius 3 is 2.88 bits per heavy atom. The van der Waals surface area contributed by atoms with Gasteiger partial charge >= 0.3 is 0 Å². The predicted molar refractivity (Wildman–Crippen MR) is 97.9 cm³/mol. The average molecular weight is 356 g/mol. The van der Waals surface area contributed by atoms with E-state index >= 15 is 0 Å². The Morgan fingerprint density at radius 2 is 2.12 bits per heavy atom. The fourth-order valence-electron chi connectivity index (χ4n) is 2.78. The Labute approximate surface area is 153 Å². The molecule has 2 aromatic heterocycles. The smallest absolute Gasteiger partial charge is 0.251 e. The molecular weight excluding hydrogens is 332 g/mol. The van der Waals surface area contributed by atoms with Gasteiger partial charge in [-0.1, -0.05) is 12.1 Å². The van der Waals surface area contributed by atoms with Crippen molar-refractivity contribution in [3.05, 3.63) is 54.0 Å². The van der Waals surface area contributed by atoms with Gasteiger partial charge in [0, 0.05) is 50.2 Å². The minimum absolute atomic E-state index is 0.157. The molecular formula is C19H24N4O3. The molecule has 7 heteroatoms. The van der Waals surface area contributed by atoms with E-state index in [1.54, 1.807) is 12.4 Å². The molecule has 1 amide bonds. The van der Waals surface area contributed by atoms with Crippen molar-refractivity contribution in [2.75, 3.05) is 38.3 Å². The molecule has 1 unspecified atom stereocenters. The molecule has 0 saturated carbocycles. The van der Waals surface area contributed by atoms with Crippen LogP contribution in [0.3, 0.4) is 0 Å². The molecule has 3 rings (SSSR count). The Balaban J connectivity index is 1.57. The van der Waals surface area contributed by atoms with E-state index in [-0.39, 0.29) is 5.91 Å². The predicted octanol–water partition coefficient (Wildman–Crippen LogP) is 1.19. The molecule has 1 aliphatic rings. The van der Waals surface area contributed by atoms with E-state index in [0.29, 0.717) is 26.4 Å². The Bertz CT molecular complexity index is 705. The maximum absolute atomic E-state index is 12.2. The van der Waals surface area contributed by atoms with Crippen molar-refractivity contribution < 1.29 is 14.3 Å². The lowest BCUT2D eigenvalue weighted by molar-refractivity contribution is -0.147. The fourth-order valence-corrected chi connectivity index (χ4v) is 2.78. The molecule has 1 aliphatic heterocycles. The van der Waals surface area contributed by atoms with Crippen LogP contribution in [-0.4, -0.2) is 55.4 Å². The number of nitrogens with one attached hydrogen (secondary N) is 1. The first kappa shape index (κ1) is 18.3. The number of ether oxygens (including phenoxy) is 2. The minimum atomic E-state index is -0.536. The summed E-state index contributed by atoms with van der Waals surface area (Å²) in [6.45, 7) is 2.48. The van der Waals surface area contributed by atoms with E-state index in [1.165, 1.54) is 0 Å². The lowest BCUT2D eigenvalue weighted by Gasteiger charge is -2.23. The van der Waals surface area contributed by atoms with Crippen molar-refractivity contribution in [2.24, 2.45) is 0 Å². The number of likely N-dealkylation sites (N-methyl/N-ethyl adjacent to an activating group) is 1. The van der Waals surface area contributed by atoms with Gasteiger partial charge in [0.15, 0.2) is 6.10 Å². The summed E-state index contributed by atoms with van der Waals surface area (Å²) in [4.78, 5) is 23.1. The van der Waals surface area contributed by atoms with Crippen molar-refractivity contribution >= 4 is 11.7 Å². The van der Waals surface area contributed by atoms with Crippen molar-refractivity contribution in [3.8, 4) is 0 Å². The summed E-state index contributed by atoms with van der Waals surface area (Å²) in [5.41, 5.74) is 2.00. The number of carbonyl (C=O) groups is 1. The molecule has 2 aromatic rings. The van der Waals surface area contributed by atoms with Crippen molar-refractivity contribution in [3.63, 3.8) is 0 Å². The SMILES string of the molecule is CN(CCc1ccccn1)c1ncccc1CNC(=O)C1COCCO1. The molecule has 1 N–H and O–H groups in total. The van der Waals surface area contributed by atoms with Gasteiger partial charge in [-0.2, -0.15) is 0 Å². The number of hydrogen-bond donors (Lipinski definition) is 1. The van der Waals surface area contributed by atoms with Gasteiger partial charge in [-0.3, -0.25) is 9.78 Å². The van der Waals surface area contributed by atoms with Gasteiger partial charge in [-0.05, 0) is 18.2 Å². The van der Waals surface area contributed by atoms with Gasteiger partial charge < -0.3 is 19.7 Å². The lowest BCUT2D eigenvalue weighted by atomic mass is 10.2. The zero-order valence-electron chi connectivity index (χ0n) is 14.9. The zero-order chi connectivity index (χ0) is 18.2. The van der Waals surface area contributed by atoms with E-state index in [0.717, 1.165) is 30.0 Å². The molecule has 0 bridgehead atoms. The van der Waals surface area contributed by atoms with Gasteiger partial charge in [0.05, 0.1) is 19.8 Å². The molecule has 0 spiro atoms. The van der Waals surface area contributed by atoms with E-state index in [1.807, 2.05) is 37.4 Å². The topological polar surface area (TPSA) is 76.6 Å². The highest BCUT2D eigenvalue weighted by Crippen LogP contribution is 2.16. The molecule has 0 radical (unpaired) electrons. The summed E-state index contributed by atoms with van der Waals surface area (Å²) in [6.07, 6.45) is 3.85. The third-order valence-corrected chi connectivity index (χ3v) is 4.22. The van der Waals surface area contributed by atoms with Crippen LogP contribution in [0.1, 0.15) is 11.3 Å². The number of hydrogen-bond acceptors (Lipinski definition) is 6. The van der Waals surface area contributed by atoms with Crippen LogP contribution in [-0.2, 0) is 27.2 Å². The highest BCUT2D eigenvalue weighted by molar-refractivity contribution is 5.81. The second-order valence-corrected chi connectivity index (χ2v) is 6.13. The summed E-state index contributed by atoms with van der Waals surface area (Å²) in [5, 5.41) is 2.91. The minimum Gasteiger partial charge on any atom is -0.376 e. The molecule has 0 aliphatic carbocycles. The summed E-state index contributed by atoms with van der Waals surface area (Å²) >= 11 is 0. The highest BCUT2D eigenvalue weighted by Gasteiger charge is 2.22. The molecule has 138 valence electrons. The molecule has 1 atom stereocenters. The first-order valence-electron chi connectivity index (χ1n) is 8.76. The van der Waals surface area contributed by atoms with E-state index in [4.69, 9.17) is 9.47 Å². The fraction of sp³-hybridized carbons (Fsp3) is 0.421. The van der Waals surface area contributed by atoms with Gasteiger partial charge in [-0.15, -0.1) is 0 Å². The summed E-state index contributed by atoms with van der Waals surface area (Å²) < 4.78 is 10.7. The van der Waals surface area contributed by atoms with Crippen LogP contribution in [0.5, 0.6) is 0 Å². The zero-order valence-corrected chi connectivity index (χ0v) is 14.9. The number of amides is 1. The average Bonchev–Trinajstić information content (AvgIpc) is 2.72. The maximum Gasteiger partial charge on any atom is 0.251 e. The van der Waals surface area contributed by atoms with E-state index in [2.05, 4.69) is 20.2 Å². The van der Waals surface area contributed by atoms with Crippen LogP contribution in [0.25, 0.3) is 0 Å². The number of pyridine rings is 2. The maximum atomic E-state index is 12.2. The standard InChI is InChI=1S/C19H24N4O3/c1-23(10-7-16-6-2-3-8-20-16)18-15(5-4-9-21-18)13-22-19(24)17-14-25-11-12-26-17/h2-6,8-9,17H,7,10-14H2,1H3,(H,22,24). The number of anilines is 1. The van der Waals surface area contributed by atoms with Gasteiger partial charge in [0.2, 0.25) is 0 Å². The summed E-state index contributed by atoms with van der Waals surface area (Å²) in [7, 11) is 1.99. The third kappa shape index (κ3) is 5.00. The Kier molecular flexibility index (Phi) is 6.51. The van der Waals surface area contributed by atoms with Gasteiger partial charge in [0.1, 0.15) is 5.82 Å². The molecule has 0 aromatic carbocycles. The van der Waals surface area contributed by atoms with Crippen LogP contribution in [0.15, 0.2) is 42.7 Å². The Hall–Kier alpha value is -2.51. The monoisotopic (exact) mass is 356 g/mol. The molecule has 1 fully saturated rings. The van der Waals surface area contributed by atoms with Crippen molar-refractivity contribution in [2.45, 2.75) is 19.1 Å². The van der Waals surface area contributed by atoms with Crippen LogP contribution in [0, 0.1) is 0 Å². The lowest BCUT2D eigenvalue weighted by Crippen LogP contribution is -2.42. The summed E-state index contributed by atoms with van der Waals surface area (Å²) in [5.74, 6) is 0.695. The van der Waals surface area contributed by atoms with Crippen LogP contribution >= 0.6 is 0 Å².